The largest absolute Gasteiger partial charge is 0.494 e. The van der Waals surface area contributed by atoms with E-state index in [1.165, 1.54) is 12.8 Å². The first-order valence-electron chi connectivity index (χ1n) is 10.2. The number of benzene rings is 1. The van der Waals surface area contributed by atoms with Crippen LogP contribution in [0.15, 0.2) is 24.3 Å². The molecule has 9 heteroatoms. The first kappa shape index (κ1) is 19.4. The predicted molar refractivity (Wildman–Crippen MR) is 105 cm³/mol. The number of rotatable bonds is 7. The third-order valence-electron chi connectivity index (χ3n) is 5.61. The molecule has 154 valence electrons. The van der Waals surface area contributed by atoms with Crippen molar-refractivity contribution in [1.29, 1.82) is 0 Å². The number of aromatic nitrogens is 4. The first-order chi connectivity index (χ1) is 14.2. The van der Waals surface area contributed by atoms with Crippen LogP contribution in [-0.4, -0.2) is 45.2 Å². The maximum absolute atomic E-state index is 12.6. The number of nitrogens with one attached hydrogen (secondary N) is 1. The highest BCUT2D eigenvalue weighted by atomic mass is 16.5. The molecule has 1 unspecified atom stereocenters. The van der Waals surface area contributed by atoms with Gasteiger partial charge in [-0.3, -0.25) is 9.59 Å². The van der Waals surface area contributed by atoms with E-state index in [0.29, 0.717) is 25.0 Å². The van der Waals surface area contributed by atoms with E-state index in [1.807, 2.05) is 35.9 Å². The van der Waals surface area contributed by atoms with Crippen LogP contribution in [0.1, 0.15) is 50.9 Å². The smallest absolute Gasteiger partial charge is 0.227 e. The van der Waals surface area contributed by atoms with E-state index in [-0.39, 0.29) is 30.7 Å². The molecule has 29 heavy (non-hydrogen) atoms. The zero-order valence-corrected chi connectivity index (χ0v) is 16.6. The Balaban J connectivity index is 1.34. The molecule has 1 atom stereocenters. The van der Waals surface area contributed by atoms with Gasteiger partial charge in [-0.05, 0) is 54.5 Å². The van der Waals surface area contributed by atoms with Gasteiger partial charge in [0.15, 0.2) is 5.82 Å². The van der Waals surface area contributed by atoms with E-state index < -0.39 is 0 Å². The van der Waals surface area contributed by atoms with Crippen molar-refractivity contribution in [3.05, 3.63) is 30.1 Å². The SMILES string of the molecule is CCOc1ccc(N2CC(C(=O)NCc3nnnn3C3CCCC3)CC2=O)cc1. The number of ether oxygens (including phenoxy) is 1. The molecule has 1 N–H and O–H groups in total. The third kappa shape index (κ3) is 4.23. The average Bonchev–Trinajstić information content (AvgIpc) is 3.47. The number of carbonyl (C=O) groups is 2. The molecule has 1 saturated heterocycles. The fraction of sp³-hybridized carbons (Fsp3) is 0.550. The highest BCUT2D eigenvalue weighted by molar-refractivity contribution is 6.00. The van der Waals surface area contributed by atoms with Crippen LogP contribution in [0.2, 0.25) is 0 Å². The molecule has 4 rings (SSSR count). The van der Waals surface area contributed by atoms with E-state index in [2.05, 4.69) is 20.8 Å². The van der Waals surface area contributed by atoms with Crippen LogP contribution in [0.5, 0.6) is 5.75 Å². The van der Waals surface area contributed by atoms with E-state index >= 15 is 0 Å². The lowest BCUT2D eigenvalue weighted by molar-refractivity contribution is -0.126. The van der Waals surface area contributed by atoms with E-state index in [9.17, 15) is 9.59 Å². The van der Waals surface area contributed by atoms with Gasteiger partial charge in [-0.1, -0.05) is 12.8 Å². The second kappa shape index (κ2) is 8.59. The van der Waals surface area contributed by atoms with Gasteiger partial charge >= 0.3 is 0 Å². The molecule has 2 fully saturated rings. The van der Waals surface area contributed by atoms with Crippen LogP contribution >= 0.6 is 0 Å². The minimum absolute atomic E-state index is 0.0508. The van der Waals surface area contributed by atoms with Gasteiger partial charge in [-0.2, -0.15) is 0 Å². The third-order valence-corrected chi connectivity index (χ3v) is 5.61. The molecule has 2 amide bonds. The highest BCUT2D eigenvalue weighted by Crippen LogP contribution is 2.29. The number of amides is 2. The van der Waals surface area contributed by atoms with Crippen LogP contribution in [-0.2, 0) is 16.1 Å². The lowest BCUT2D eigenvalue weighted by atomic mass is 10.1. The standard InChI is InChI=1S/C20H26N6O3/c1-2-29-17-9-7-15(8-10-17)25-13-14(11-19(25)27)20(28)21-12-18-22-23-24-26(18)16-5-3-4-6-16/h7-10,14,16H,2-6,11-13H2,1H3,(H,21,28). The fourth-order valence-corrected chi connectivity index (χ4v) is 4.09. The summed E-state index contributed by atoms with van der Waals surface area (Å²) in [5, 5.41) is 14.8. The summed E-state index contributed by atoms with van der Waals surface area (Å²) < 4.78 is 7.27. The number of carbonyl (C=O) groups excluding carboxylic acids is 2. The first-order valence-corrected chi connectivity index (χ1v) is 10.2. The van der Waals surface area contributed by atoms with Crippen molar-refractivity contribution in [2.75, 3.05) is 18.1 Å². The Morgan fingerprint density at radius 1 is 1.24 bits per heavy atom. The zero-order chi connectivity index (χ0) is 20.2. The summed E-state index contributed by atoms with van der Waals surface area (Å²) in [5.41, 5.74) is 0.777. The summed E-state index contributed by atoms with van der Waals surface area (Å²) in [4.78, 5) is 26.7. The molecular formula is C20H26N6O3. The molecular weight excluding hydrogens is 372 g/mol. The van der Waals surface area contributed by atoms with Gasteiger partial charge in [0.25, 0.3) is 0 Å². The Morgan fingerprint density at radius 3 is 2.72 bits per heavy atom. The summed E-state index contributed by atoms with van der Waals surface area (Å²) in [6.07, 6.45) is 4.71. The summed E-state index contributed by atoms with van der Waals surface area (Å²) in [6.45, 7) is 3.16. The highest BCUT2D eigenvalue weighted by Gasteiger charge is 2.35. The lowest BCUT2D eigenvalue weighted by Crippen LogP contribution is -2.33. The van der Waals surface area contributed by atoms with Crippen LogP contribution < -0.4 is 15.0 Å². The predicted octanol–water partition coefficient (Wildman–Crippen LogP) is 1.86. The Kier molecular flexibility index (Phi) is 5.73. The molecule has 2 aliphatic rings. The second-order valence-electron chi connectivity index (χ2n) is 7.53. The molecule has 9 nitrogen and oxygen atoms in total. The van der Waals surface area contributed by atoms with Crippen molar-refractivity contribution in [3.8, 4) is 5.75 Å². The maximum Gasteiger partial charge on any atom is 0.227 e. The molecule has 1 aromatic carbocycles. The van der Waals surface area contributed by atoms with E-state index in [4.69, 9.17) is 4.74 Å². The number of anilines is 1. The second-order valence-corrected chi connectivity index (χ2v) is 7.53. The summed E-state index contributed by atoms with van der Waals surface area (Å²) in [6, 6.07) is 7.68. The van der Waals surface area contributed by atoms with Crippen molar-refractivity contribution >= 4 is 17.5 Å². The van der Waals surface area contributed by atoms with Crippen molar-refractivity contribution in [3.63, 3.8) is 0 Å². The van der Waals surface area contributed by atoms with Crippen molar-refractivity contribution in [2.45, 2.75) is 51.6 Å². The van der Waals surface area contributed by atoms with Gasteiger partial charge < -0.3 is 15.0 Å². The summed E-state index contributed by atoms with van der Waals surface area (Å²) >= 11 is 0. The minimum atomic E-state index is -0.384. The van der Waals surface area contributed by atoms with Crippen LogP contribution in [0, 0.1) is 5.92 Å². The Labute approximate surface area is 169 Å². The minimum Gasteiger partial charge on any atom is -0.494 e. The van der Waals surface area contributed by atoms with Gasteiger partial charge in [-0.15, -0.1) is 5.10 Å². The Bertz CT molecular complexity index is 859. The molecule has 1 aromatic heterocycles. The number of tetrazole rings is 1. The lowest BCUT2D eigenvalue weighted by Gasteiger charge is -2.17. The number of hydrogen-bond acceptors (Lipinski definition) is 6. The van der Waals surface area contributed by atoms with Crippen molar-refractivity contribution < 1.29 is 14.3 Å². The van der Waals surface area contributed by atoms with E-state index in [1.54, 1.807) is 4.90 Å². The Hall–Kier alpha value is -2.97. The van der Waals surface area contributed by atoms with Gasteiger partial charge in [0.05, 0.1) is 25.1 Å². The number of hydrogen-bond donors (Lipinski definition) is 1. The summed E-state index contributed by atoms with van der Waals surface area (Å²) in [7, 11) is 0. The van der Waals surface area contributed by atoms with Crippen LogP contribution in [0.3, 0.4) is 0 Å². The molecule has 2 heterocycles. The molecule has 1 saturated carbocycles. The molecule has 0 spiro atoms. The van der Waals surface area contributed by atoms with Crippen molar-refractivity contribution in [1.82, 2.24) is 25.5 Å². The molecule has 0 radical (unpaired) electrons. The normalized spacial score (nSPS) is 19.7. The Morgan fingerprint density at radius 2 is 2.00 bits per heavy atom. The van der Waals surface area contributed by atoms with Crippen LogP contribution in [0.4, 0.5) is 5.69 Å². The quantitative estimate of drug-likeness (QED) is 0.764. The average molecular weight is 398 g/mol. The molecule has 1 aliphatic heterocycles. The van der Waals surface area contributed by atoms with Gasteiger partial charge in [-0.25, -0.2) is 4.68 Å². The zero-order valence-electron chi connectivity index (χ0n) is 16.6. The van der Waals surface area contributed by atoms with Gasteiger partial charge in [0.2, 0.25) is 11.8 Å². The molecule has 0 bridgehead atoms. The van der Waals surface area contributed by atoms with Gasteiger partial charge in [0.1, 0.15) is 5.75 Å². The molecule has 1 aliphatic carbocycles. The monoisotopic (exact) mass is 398 g/mol. The maximum atomic E-state index is 12.6. The number of nitrogens with zero attached hydrogens (tertiary/aromatic N) is 5. The topological polar surface area (TPSA) is 102 Å². The summed E-state index contributed by atoms with van der Waals surface area (Å²) in [5.74, 6) is 0.845. The van der Waals surface area contributed by atoms with Crippen LogP contribution in [0.25, 0.3) is 0 Å². The van der Waals surface area contributed by atoms with Gasteiger partial charge in [0, 0.05) is 18.7 Å². The van der Waals surface area contributed by atoms with Crippen molar-refractivity contribution in [2.24, 2.45) is 5.92 Å². The van der Waals surface area contributed by atoms with E-state index in [0.717, 1.165) is 24.3 Å². The molecule has 2 aromatic rings. The fourth-order valence-electron chi connectivity index (χ4n) is 4.09.